The number of carbonyl (C=O) groups excluding carboxylic acids is 1. The van der Waals surface area contributed by atoms with E-state index in [0.717, 1.165) is 6.08 Å². The zero-order valence-electron chi connectivity index (χ0n) is 14.3. The molecule has 0 bridgehead atoms. The van der Waals surface area contributed by atoms with Crippen LogP contribution in [-0.2, 0) is 4.74 Å². The third-order valence-electron chi connectivity index (χ3n) is 4.41. The first kappa shape index (κ1) is 20.8. The van der Waals surface area contributed by atoms with Crippen LogP contribution < -0.4 is 11.1 Å². The van der Waals surface area contributed by atoms with Crippen LogP contribution in [0, 0.1) is 5.92 Å². The molecule has 3 rings (SSSR count). The van der Waals surface area contributed by atoms with Crippen molar-refractivity contribution >= 4 is 39.3 Å². The first-order valence-electron chi connectivity index (χ1n) is 8.11. The summed E-state index contributed by atoms with van der Waals surface area (Å²) in [4.78, 5) is 20.2. The van der Waals surface area contributed by atoms with Gasteiger partial charge in [-0.25, -0.2) is 18.2 Å². The number of halogens is 5. The minimum Gasteiger partial charge on any atom is -0.386 e. The number of nitrogens with zero attached hydrogens (tertiary/aromatic N) is 2. The molecule has 150 valence electrons. The van der Waals surface area contributed by atoms with Gasteiger partial charge in [-0.1, -0.05) is 11.6 Å². The lowest BCUT2D eigenvalue weighted by Gasteiger charge is -2.39. The molecule has 0 fully saturated rings. The smallest absolute Gasteiger partial charge is 0.275 e. The summed E-state index contributed by atoms with van der Waals surface area (Å²) in [6.45, 7) is -0.585. The maximum absolute atomic E-state index is 14.5. The number of amidine groups is 1. The number of amides is 1. The van der Waals surface area contributed by atoms with Crippen molar-refractivity contribution in [3.8, 4) is 0 Å². The predicted molar refractivity (Wildman–Crippen MR) is 101 cm³/mol. The maximum Gasteiger partial charge on any atom is 0.275 e. The lowest BCUT2D eigenvalue weighted by atomic mass is 9.78. The molecule has 0 saturated carbocycles. The van der Waals surface area contributed by atoms with Gasteiger partial charge in [0, 0.05) is 22.3 Å². The molecule has 3 N–H and O–H groups in total. The van der Waals surface area contributed by atoms with Crippen LogP contribution >= 0.6 is 27.5 Å². The van der Waals surface area contributed by atoms with E-state index >= 15 is 0 Å². The van der Waals surface area contributed by atoms with Gasteiger partial charge in [-0.2, -0.15) is 0 Å². The van der Waals surface area contributed by atoms with Crippen molar-refractivity contribution in [1.82, 2.24) is 10.3 Å². The van der Waals surface area contributed by atoms with Crippen molar-refractivity contribution in [2.75, 3.05) is 13.2 Å². The molecule has 28 heavy (non-hydrogen) atoms. The summed E-state index contributed by atoms with van der Waals surface area (Å²) in [7, 11) is 0. The molecular weight excluding hydrogens is 465 g/mol. The van der Waals surface area contributed by atoms with Crippen molar-refractivity contribution in [3.63, 3.8) is 0 Å². The summed E-state index contributed by atoms with van der Waals surface area (Å²) in [5, 5.41) is 2.64. The Morgan fingerprint density at radius 2 is 2.21 bits per heavy atom. The molecule has 1 amide bonds. The van der Waals surface area contributed by atoms with Gasteiger partial charge in [-0.05, 0) is 40.6 Å². The highest BCUT2D eigenvalue weighted by molar-refractivity contribution is 9.10. The van der Waals surface area contributed by atoms with E-state index in [0.29, 0.717) is 4.47 Å². The molecule has 1 aromatic rings. The number of aliphatic imine (C=N–C) groups is 1. The van der Waals surface area contributed by atoms with Gasteiger partial charge < -0.3 is 15.8 Å². The van der Waals surface area contributed by atoms with E-state index in [2.05, 4.69) is 31.2 Å². The van der Waals surface area contributed by atoms with Gasteiger partial charge >= 0.3 is 0 Å². The minimum absolute atomic E-state index is 0.0517. The Hall–Kier alpha value is -1.91. The molecule has 0 saturated heterocycles. The Kier molecular flexibility index (Phi) is 6.11. The summed E-state index contributed by atoms with van der Waals surface area (Å²) in [5.74, 6) is -2.92. The van der Waals surface area contributed by atoms with Crippen molar-refractivity contribution in [1.29, 1.82) is 0 Å². The molecule has 1 unspecified atom stereocenters. The lowest BCUT2D eigenvalue weighted by Crippen LogP contribution is -2.53. The second-order valence-corrected chi connectivity index (χ2v) is 7.65. The van der Waals surface area contributed by atoms with E-state index in [1.54, 1.807) is 0 Å². The minimum atomic E-state index is -3.02. The highest BCUT2D eigenvalue weighted by Crippen LogP contribution is 2.42. The zero-order chi connectivity index (χ0) is 20.5. The number of ether oxygens (including phenoxy) is 1. The van der Waals surface area contributed by atoms with Crippen LogP contribution in [0.1, 0.15) is 16.9 Å². The van der Waals surface area contributed by atoms with Crippen molar-refractivity contribution in [2.24, 2.45) is 16.6 Å². The summed E-state index contributed by atoms with van der Waals surface area (Å²) in [5.41, 5.74) is 3.56. The maximum atomic E-state index is 14.5. The molecule has 0 spiro atoms. The number of rotatable bonds is 4. The van der Waals surface area contributed by atoms with E-state index in [1.807, 2.05) is 0 Å². The van der Waals surface area contributed by atoms with Crippen LogP contribution in [0.3, 0.4) is 0 Å². The van der Waals surface area contributed by atoms with Crippen LogP contribution in [0.2, 0.25) is 5.02 Å². The van der Waals surface area contributed by atoms with Crippen molar-refractivity contribution < 1.29 is 22.7 Å². The summed E-state index contributed by atoms with van der Waals surface area (Å²) >= 11 is 9.19. The van der Waals surface area contributed by atoms with Crippen molar-refractivity contribution in [3.05, 3.63) is 51.1 Å². The first-order chi connectivity index (χ1) is 13.2. The molecule has 1 aliphatic heterocycles. The lowest BCUT2D eigenvalue weighted by molar-refractivity contribution is -0.0376. The number of nitrogens with one attached hydrogen (secondary N) is 1. The number of alkyl halides is 2. The molecule has 0 radical (unpaired) electrons. The molecular formula is C17H15BrClF3N4O2. The molecule has 6 nitrogen and oxygen atoms in total. The third-order valence-corrected chi connectivity index (χ3v) is 5.14. The topological polar surface area (TPSA) is 89.6 Å². The fourth-order valence-electron chi connectivity index (χ4n) is 3.07. The summed E-state index contributed by atoms with van der Waals surface area (Å²) < 4.78 is 47.9. The Bertz CT molecular complexity index is 893. The quantitative estimate of drug-likeness (QED) is 0.693. The van der Waals surface area contributed by atoms with Crippen LogP contribution in [0.5, 0.6) is 0 Å². The highest BCUT2D eigenvalue weighted by Gasteiger charge is 2.51. The van der Waals surface area contributed by atoms with Gasteiger partial charge in [0.05, 0.1) is 11.6 Å². The number of allylic oxidation sites excluding steroid dienone is 3. The Balaban J connectivity index is 1.84. The Morgan fingerprint density at radius 3 is 2.86 bits per heavy atom. The van der Waals surface area contributed by atoms with E-state index in [-0.39, 0.29) is 35.3 Å². The third kappa shape index (κ3) is 4.08. The standard InChI is InChI=1S/C17H15BrClF3N4O2/c18-8-3-11(19)14(24-5-8)15(27)25-9-1-2-12(20)10(4-9)17(16(21)22)7-28-6-13(23)26-17/h1-3,5,10,16H,4,6-7H2,(H2,23,26)(H,25,27)/t10?,17-/m0/s1. The van der Waals surface area contributed by atoms with E-state index in [9.17, 15) is 18.0 Å². The summed E-state index contributed by atoms with van der Waals surface area (Å²) in [6, 6.07) is 1.49. The van der Waals surface area contributed by atoms with Crippen LogP contribution in [0.25, 0.3) is 0 Å². The monoisotopic (exact) mass is 478 g/mol. The number of carbonyl (C=O) groups is 1. The van der Waals surface area contributed by atoms with Gasteiger partial charge in [0.2, 0.25) is 0 Å². The van der Waals surface area contributed by atoms with E-state index in [4.69, 9.17) is 22.1 Å². The first-order valence-corrected chi connectivity index (χ1v) is 9.29. The number of pyridine rings is 1. The number of hydrogen-bond donors (Lipinski definition) is 2. The zero-order valence-corrected chi connectivity index (χ0v) is 16.6. The van der Waals surface area contributed by atoms with Gasteiger partial charge in [0.25, 0.3) is 12.3 Å². The van der Waals surface area contributed by atoms with Gasteiger partial charge in [0.1, 0.15) is 24.0 Å². The molecule has 2 heterocycles. The van der Waals surface area contributed by atoms with Crippen molar-refractivity contribution in [2.45, 2.75) is 18.4 Å². The number of hydrogen-bond acceptors (Lipinski definition) is 5. The molecule has 2 aliphatic rings. The number of nitrogens with two attached hydrogens (primary N) is 1. The van der Waals surface area contributed by atoms with E-state index < -0.39 is 36.2 Å². The van der Waals surface area contributed by atoms with Crippen LogP contribution in [0.15, 0.2) is 45.4 Å². The predicted octanol–water partition coefficient (Wildman–Crippen LogP) is 3.38. The average Bonchev–Trinajstić information content (AvgIpc) is 2.62. The SMILES string of the molecule is NC1=N[C@](C(F)F)(C2CC(NC(=O)c3ncc(Br)cc3Cl)=CC=C2F)COC1. The van der Waals surface area contributed by atoms with E-state index in [1.165, 1.54) is 18.3 Å². The molecule has 2 atom stereocenters. The normalized spacial score (nSPS) is 25.1. The largest absolute Gasteiger partial charge is 0.386 e. The number of aromatic nitrogens is 1. The van der Waals surface area contributed by atoms with Gasteiger partial charge in [-0.15, -0.1) is 0 Å². The molecule has 11 heteroatoms. The summed E-state index contributed by atoms with van der Waals surface area (Å²) in [6.07, 6.45) is 0.457. The van der Waals surface area contributed by atoms with Crippen LogP contribution in [-0.4, -0.2) is 41.9 Å². The Morgan fingerprint density at radius 1 is 1.46 bits per heavy atom. The van der Waals surface area contributed by atoms with Gasteiger partial charge in [-0.3, -0.25) is 9.79 Å². The highest BCUT2D eigenvalue weighted by atomic mass is 79.9. The molecule has 0 aromatic carbocycles. The fourth-order valence-corrected chi connectivity index (χ4v) is 3.79. The average molecular weight is 480 g/mol. The Labute approximate surface area is 171 Å². The fraction of sp³-hybridized carbons (Fsp3) is 0.353. The second kappa shape index (κ2) is 8.22. The van der Waals surface area contributed by atoms with Crippen LogP contribution in [0.4, 0.5) is 13.2 Å². The van der Waals surface area contributed by atoms with Gasteiger partial charge in [0.15, 0.2) is 5.54 Å². The second-order valence-electron chi connectivity index (χ2n) is 6.33. The molecule has 1 aromatic heterocycles. The molecule has 1 aliphatic carbocycles.